The molecule has 1 aromatic heterocycles. The van der Waals surface area contributed by atoms with Crippen molar-refractivity contribution in [2.45, 2.75) is 13.0 Å². The van der Waals surface area contributed by atoms with Gasteiger partial charge in [0.25, 0.3) is 11.8 Å². The van der Waals surface area contributed by atoms with Gasteiger partial charge >= 0.3 is 0 Å². The number of rotatable bonds is 3. The fourth-order valence-corrected chi connectivity index (χ4v) is 4.25. The zero-order valence-corrected chi connectivity index (χ0v) is 17.0. The highest BCUT2D eigenvalue weighted by Crippen LogP contribution is 2.39. The monoisotopic (exact) mass is 421 g/mol. The number of imide groups is 1. The van der Waals surface area contributed by atoms with Crippen LogP contribution in [-0.4, -0.2) is 21.7 Å². The fourth-order valence-electron chi connectivity index (χ4n) is 4.25. The summed E-state index contributed by atoms with van der Waals surface area (Å²) in [6.07, 6.45) is 0. The van der Waals surface area contributed by atoms with Gasteiger partial charge in [-0.3, -0.25) is 14.5 Å². The maximum atomic E-state index is 14.0. The highest BCUT2D eigenvalue weighted by molar-refractivity contribution is 6.21. The molecule has 2 heterocycles. The third kappa shape index (κ3) is 2.87. The zero-order valence-electron chi connectivity index (χ0n) is 17.0. The summed E-state index contributed by atoms with van der Waals surface area (Å²) >= 11 is 0. The molecule has 0 N–H and O–H groups in total. The number of nitriles is 1. The van der Waals surface area contributed by atoms with E-state index in [1.54, 1.807) is 31.2 Å². The predicted octanol–water partition coefficient (Wildman–Crippen LogP) is 5.27. The third-order valence-electron chi connectivity index (χ3n) is 5.76. The minimum absolute atomic E-state index is 0.249. The van der Waals surface area contributed by atoms with Crippen LogP contribution in [0.4, 0.5) is 4.39 Å². The molecule has 1 unspecified atom stereocenters. The van der Waals surface area contributed by atoms with E-state index in [0.717, 1.165) is 0 Å². The van der Waals surface area contributed by atoms with Gasteiger partial charge < -0.3 is 0 Å². The average molecular weight is 421 g/mol. The number of fused-ring (bicyclic) bond motifs is 2. The van der Waals surface area contributed by atoms with Gasteiger partial charge in [-0.1, -0.05) is 42.5 Å². The van der Waals surface area contributed by atoms with Crippen LogP contribution in [0.3, 0.4) is 0 Å². The Morgan fingerprint density at radius 2 is 1.56 bits per heavy atom. The second-order valence-corrected chi connectivity index (χ2v) is 7.59. The first-order valence-corrected chi connectivity index (χ1v) is 10.1. The van der Waals surface area contributed by atoms with E-state index in [9.17, 15) is 19.2 Å². The maximum absolute atomic E-state index is 14.0. The van der Waals surface area contributed by atoms with Crippen LogP contribution in [0.1, 0.15) is 44.9 Å². The van der Waals surface area contributed by atoms with Crippen LogP contribution in [0.25, 0.3) is 22.0 Å². The molecule has 0 saturated carbocycles. The number of nitrogens with zero attached hydrogens (tertiary/aromatic N) is 3. The molecule has 0 radical (unpaired) electrons. The van der Waals surface area contributed by atoms with Crippen LogP contribution >= 0.6 is 0 Å². The lowest BCUT2D eigenvalue weighted by atomic mass is 9.92. The Hall–Kier alpha value is -4.37. The summed E-state index contributed by atoms with van der Waals surface area (Å²) in [6, 6.07) is 21.3. The molecule has 4 aromatic rings. The minimum Gasteiger partial charge on any atom is -0.269 e. The van der Waals surface area contributed by atoms with Crippen molar-refractivity contribution < 1.29 is 14.0 Å². The zero-order chi connectivity index (χ0) is 22.4. The van der Waals surface area contributed by atoms with Crippen molar-refractivity contribution >= 4 is 22.7 Å². The van der Waals surface area contributed by atoms with Gasteiger partial charge in [0.15, 0.2) is 0 Å². The summed E-state index contributed by atoms with van der Waals surface area (Å²) in [5.41, 5.74) is 2.93. The number of carbonyl (C=O) groups is 2. The molecule has 1 aliphatic rings. The molecule has 5 nitrogen and oxygen atoms in total. The highest BCUT2D eigenvalue weighted by Gasteiger charge is 2.40. The fraction of sp³-hybridized carbons (Fsp3) is 0.0769. The summed E-state index contributed by atoms with van der Waals surface area (Å²) < 4.78 is 14.0. The lowest BCUT2D eigenvalue weighted by Gasteiger charge is -2.25. The van der Waals surface area contributed by atoms with E-state index < -0.39 is 23.7 Å². The molecule has 2 amide bonds. The SMILES string of the molecule is CC(c1nc2ccc(F)cc2c(C#N)c1-c1ccccc1)N1C(=O)c2ccccc2C1=O. The Labute approximate surface area is 183 Å². The topological polar surface area (TPSA) is 74.1 Å². The smallest absolute Gasteiger partial charge is 0.262 e. The molecule has 3 aromatic carbocycles. The summed E-state index contributed by atoms with van der Waals surface area (Å²) in [7, 11) is 0. The largest absolute Gasteiger partial charge is 0.269 e. The molecule has 0 bridgehead atoms. The normalized spacial score (nSPS) is 13.8. The van der Waals surface area contributed by atoms with E-state index in [0.29, 0.717) is 38.9 Å². The van der Waals surface area contributed by atoms with Gasteiger partial charge in [0.05, 0.1) is 33.9 Å². The van der Waals surface area contributed by atoms with Crippen molar-refractivity contribution in [1.29, 1.82) is 5.26 Å². The Morgan fingerprint density at radius 3 is 2.19 bits per heavy atom. The lowest BCUT2D eigenvalue weighted by molar-refractivity contribution is 0.0593. The van der Waals surface area contributed by atoms with Crippen LogP contribution in [0, 0.1) is 17.1 Å². The summed E-state index contributed by atoms with van der Waals surface area (Å²) in [6.45, 7) is 1.72. The van der Waals surface area contributed by atoms with Crippen molar-refractivity contribution in [2.75, 3.05) is 0 Å². The molecule has 154 valence electrons. The highest BCUT2D eigenvalue weighted by atomic mass is 19.1. The van der Waals surface area contributed by atoms with E-state index in [1.165, 1.54) is 23.1 Å². The Morgan fingerprint density at radius 1 is 0.938 bits per heavy atom. The summed E-state index contributed by atoms with van der Waals surface area (Å²) in [4.78, 5) is 32.1. The number of halogens is 1. The van der Waals surface area contributed by atoms with Gasteiger partial charge in [-0.2, -0.15) is 5.26 Å². The van der Waals surface area contributed by atoms with Gasteiger partial charge in [-0.25, -0.2) is 9.37 Å². The Kier molecular flexibility index (Phi) is 4.53. The van der Waals surface area contributed by atoms with Crippen molar-refractivity contribution in [1.82, 2.24) is 9.88 Å². The summed E-state index contributed by atoms with van der Waals surface area (Å²) in [5.74, 6) is -1.29. The molecule has 0 saturated heterocycles. The first-order valence-electron chi connectivity index (χ1n) is 10.1. The molecule has 0 aliphatic carbocycles. The molecule has 0 spiro atoms. The maximum Gasteiger partial charge on any atom is 0.262 e. The molecule has 5 rings (SSSR count). The summed E-state index contributed by atoms with van der Waals surface area (Å²) in [5, 5.41) is 10.4. The standard InChI is InChI=1S/C26H16FN3O2/c1-15(30-25(31)18-9-5-6-10-19(18)26(30)32)24-23(16-7-3-2-4-8-16)21(14-28)20-13-17(27)11-12-22(20)29-24/h2-13,15H,1H3. The second-order valence-electron chi connectivity index (χ2n) is 7.59. The van der Waals surface area contributed by atoms with Gasteiger partial charge in [0.1, 0.15) is 11.9 Å². The Balaban J connectivity index is 1.77. The predicted molar refractivity (Wildman–Crippen MR) is 117 cm³/mol. The Bertz CT molecular complexity index is 1420. The second kappa shape index (κ2) is 7.40. The van der Waals surface area contributed by atoms with Crippen LogP contribution in [0.5, 0.6) is 0 Å². The van der Waals surface area contributed by atoms with Crippen LogP contribution in [0.15, 0.2) is 72.8 Å². The molecule has 6 heteroatoms. The number of hydrogen-bond acceptors (Lipinski definition) is 4. The van der Waals surface area contributed by atoms with E-state index in [-0.39, 0.29) is 5.56 Å². The number of amides is 2. The number of carbonyl (C=O) groups excluding carboxylic acids is 2. The van der Waals surface area contributed by atoms with Crippen molar-refractivity contribution in [3.8, 4) is 17.2 Å². The van der Waals surface area contributed by atoms with Crippen molar-refractivity contribution in [3.05, 3.63) is 101 Å². The van der Waals surface area contributed by atoms with Crippen LogP contribution in [0.2, 0.25) is 0 Å². The lowest BCUT2D eigenvalue weighted by Crippen LogP contribution is -2.33. The molecule has 0 fully saturated rings. The van der Waals surface area contributed by atoms with Gasteiger partial charge in [-0.15, -0.1) is 0 Å². The van der Waals surface area contributed by atoms with E-state index >= 15 is 0 Å². The van der Waals surface area contributed by atoms with E-state index in [4.69, 9.17) is 4.98 Å². The van der Waals surface area contributed by atoms with Crippen molar-refractivity contribution in [3.63, 3.8) is 0 Å². The molecule has 1 aliphatic heterocycles. The first kappa shape index (κ1) is 19.6. The molecular weight excluding hydrogens is 405 g/mol. The van der Waals surface area contributed by atoms with Gasteiger partial charge in [0, 0.05) is 10.9 Å². The van der Waals surface area contributed by atoms with Crippen molar-refractivity contribution in [2.24, 2.45) is 0 Å². The average Bonchev–Trinajstić information content (AvgIpc) is 3.08. The van der Waals surface area contributed by atoms with E-state index in [1.807, 2.05) is 30.3 Å². The quantitative estimate of drug-likeness (QED) is 0.423. The minimum atomic E-state index is -0.751. The molecule has 1 atom stereocenters. The number of aromatic nitrogens is 1. The molecule has 32 heavy (non-hydrogen) atoms. The molecular formula is C26H16FN3O2. The number of hydrogen-bond donors (Lipinski definition) is 0. The van der Waals surface area contributed by atoms with Crippen LogP contribution < -0.4 is 0 Å². The van der Waals surface area contributed by atoms with Gasteiger partial charge in [0.2, 0.25) is 0 Å². The van der Waals surface area contributed by atoms with Gasteiger partial charge in [-0.05, 0) is 42.8 Å². The number of pyridine rings is 1. The van der Waals surface area contributed by atoms with Crippen LogP contribution in [-0.2, 0) is 0 Å². The third-order valence-corrected chi connectivity index (χ3v) is 5.76. The first-order chi connectivity index (χ1) is 15.5. The van der Waals surface area contributed by atoms with E-state index in [2.05, 4.69) is 6.07 Å². The number of benzene rings is 3.